The van der Waals surface area contributed by atoms with Crippen molar-refractivity contribution in [2.24, 2.45) is 0 Å². The fourth-order valence-corrected chi connectivity index (χ4v) is 4.30. The van der Waals surface area contributed by atoms with Crippen molar-refractivity contribution in [3.05, 3.63) is 70.8 Å². The summed E-state index contributed by atoms with van der Waals surface area (Å²) in [5.41, 5.74) is 2.14. The van der Waals surface area contributed by atoms with Gasteiger partial charge in [0, 0.05) is 22.8 Å². The molecular weight excluding hydrogens is 396 g/mol. The van der Waals surface area contributed by atoms with Gasteiger partial charge in [-0.2, -0.15) is 0 Å². The van der Waals surface area contributed by atoms with Crippen molar-refractivity contribution < 1.29 is 13.2 Å². The first kappa shape index (κ1) is 20.4. The van der Waals surface area contributed by atoms with Gasteiger partial charge in [-0.1, -0.05) is 29.3 Å². The number of carbonyl (C=O) groups is 1. The largest absolute Gasteiger partial charge is 0.352 e. The molecule has 2 aromatic rings. The van der Waals surface area contributed by atoms with Gasteiger partial charge >= 0.3 is 0 Å². The van der Waals surface area contributed by atoms with Crippen LogP contribution in [0.5, 0.6) is 0 Å². The van der Waals surface area contributed by atoms with Gasteiger partial charge in [0.15, 0.2) is 0 Å². The van der Waals surface area contributed by atoms with Crippen LogP contribution in [0.4, 0.5) is 5.69 Å². The smallest absolute Gasteiger partial charge is 0.261 e. The molecular formula is C21H23ClN2O3S. The van der Waals surface area contributed by atoms with Crippen LogP contribution < -0.4 is 10.0 Å². The van der Waals surface area contributed by atoms with Crippen molar-refractivity contribution in [3.63, 3.8) is 0 Å². The highest BCUT2D eigenvalue weighted by Gasteiger charge is 2.15. The SMILES string of the molecule is O=C(NCCC1=CCCCC1)c1cccc(NS(=O)(=O)c2ccc(Cl)cc2)c1. The Morgan fingerprint density at radius 1 is 1.07 bits per heavy atom. The molecule has 148 valence electrons. The molecule has 0 saturated carbocycles. The van der Waals surface area contributed by atoms with Gasteiger partial charge in [-0.05, 0) is 74.6 Å². The standard InChI is InChI=1S/C21H23ClN2O3S/c22-18-9-11-20(12-10-18)28(26,27)24-19-8-4-7-17(15-19)21(25)23-14-13-16-5-2-1-3-6-16/h4-5,7-12,15,24H,1-3,6,13-14H2,(H,23,25). The van der Waals surface area contributed by atoms with Crippen molar-refractivity contribution in [1.29, 1.82) is 0 Å². The minimum Gasteiger partial charge on any atom is -0.352 e. The quantitative estimate of drug-likeness (QED) is 0.636. The van der Waals surface area contributed by atoms with Crippen LogP contribution in [0, 0.1) is 0 Å². The number of sulfonamides is 1. The van der Waals surface area contributed by atoms with Crippen LogP contribution in [-0.2, 0) is 10.0 Å². The second kappa shape index (κ2) is 9.26. The molecule has 0 fully saturated rings. The first-order chi connectivity index (χ1) is 13.4. The molecule has 1 aliphatic rings. The number of anilines is 1. The second-order valence-electron chi connectivity index (χ2n) is 6.75. The van der Waals surface area contributed by atoms with E-state index in [2.05, 4.69) is 16.1 Å². The number of benzene rings is 2. The molecule has 3 rings (SSSR count). The maximum Gasteiger partial charge on any atom is 0.261 e. The Hall–Kier alpha value is -2.31. The van der Waals surface area contributed by atoms with Crippen LogP contribution in [0.15, 0.2) is 65.1 Å². The van der Waals surface area contributed by atoms with Gasteiger partial charge in [0.1, 0.15) is 0 Å². The average Bonchev–Trinajstić information content (AvgIpc) is 2.69. The van der Waals surface area contributed by atoms with Crippen LogP contribution in [0.25, 0.3) is 0 Å². The van der Waals surface area contributed by atoms with Crippen LogP contribution in [0.2, 0.25) is 5.02 Å². The van der Waals surface area contributed by atoms with Gasteiger partial charge in [-0.3, -0.25) is 9.52 Å². The number of amides is 1. The molecule has 0 heterocycles. The molecule has 0 atom stereocenters. The number of allylic oxidation sites excluding steroid dienone is 1. The Morgan fingerprint density at radius 2 is 1.86 bits per heavy atom. The van der Waals surface area contributed by atoms with E-state index in [0.717, 1.165) is 19.3 Å². The molecule has 0 saturated heterocycles. The van der Waals surface area contributed by atoms with E-state index >= 15 is 0 Å². The normalized spacial score (nSPS) is 14.2. The number of hydrogen-bond acceptors (Lipinski definition) is 3. The van der Waals surface area contributed by atoms with E-state index in [4.69, 9.17) is 11.6 Å². The Bertz CT molecular complexity index is 969. The molecule has 0 radical (unpaired) electrons. The summed E-state index contributed by atoms with van der Waals surface area (Å²) >= 11 is 5.81. The molecule has 0 spiro atoms. The lowest BCUT2D eigenvalue weighted by Crippen LogP contribution is -2.25. The van der Waals surface area contributed by atoms with E-state index in [1.54, 1.807) is 18.2 Å². The molecule has 1 amide bonds. The molecule has 28 heavy (non-hydrogen) atoms. The highest BCUT2D eigenvalue weighted by molar-refractivity contribution is 7.92. The third kappa shape index (κ3) is 5.59. The highest BCUT2D eigenvalue weighted by atomic mass is 35.5. The average molecular weight is 419 g/mol. The summed E-state index contributed by atoms with van der Waals surface area (Å²) in [5, 5.41) is 3.36. The van der Waals surface area contributed by atoms with E-state index in [0.29, 0.717) is 22.8 Å². The topological polar surface area (TPSA) is 75.3 Å². The monoisotopic (exact) mass is 418 g/mol. The summed E-state index contributed by atoms with van der Waals surface area (Å²) in [6.07, 6.45) is 7.82. The number of nitrogens with one attached hydrogen (secondary N) is 2. The van der Waals surface area contributed by atoms with E-state index in [9.17, 15) is 13.2 Å². The first-order valence-electron chi connectivity index (χ1n) is 9.29. The summed E-state index contributed by atoms with van der Waals surface area (Å²) in [6.45, 7) is 0.575. The maximum absolute atomic E-state index is 12.5. The van der Waals surface area contributed by atoms with E-state index in [1.165, 1.54) is 48.7 Å². The maximum atomic E-state index is 12.5. The molecule has 1 aliphatic carbocycles. The zero-order chi connectivity index (χ0) is 20.0. The molecule has 0 bridgehead atoms. The second-order valence-corrected chi connectivity index (χ2v) is 8.87. The lowest BCUT2D eigenvalue weighted by molar-refractivity contribution is 0.0954. The minimum atomic E-state index is -3.75. The van der Waals surface area contributed by atoms with Crippen molar-refractivity contribution in [1.82, 2.24) is 5.32 Å². The van der Waals surface area contributed by atoms with Gasteiger partial charge < -0.3 is 5.32 Å². The Labute approximate surface area is 170 Å². The number of rotatable bonds is 7. The summed E-state index contributed by atoms with van der Waals surface area (Å²) in [6, 6.07) is 12.3. The Morgan fingerprint density at radius 3 is 2.57 bits per heavy atom. The summed E-state index contributed by atoms with van der Waals surface area (Å²) < 4.78 is 27.5. The summed E-state index contributed by atoms with van der Waals surface area (Å²) in [5.74, 6) is -0.219. The molecule has 0 unspecified atom stereocenters. The first-order valence-corrected chi connectivity index (χ1v) is 11.1. The van der Waals surface area contributed by atoms with Crippen LogP contribution in [-0.4, -0.2) is 20.9 Å². The molecule has 2 N–H and O–H groups in total. The van der Waals surface area contributed by atoms with Crippen molar-refractivity contribution in [2.45, 2.75) is 37.0 Å². The van der Waals surface area contributed by atoms with Gasteiger partial charge in [0.05, 0.1) is 4.90 Å². The van der Waals surface area contributed by atoms with E-state index < -0.39 is 10.0 Å². The van der Waals surface area contributed by atoms with Crippen molar-refractivity contribution in [3.8, 4) is 0 Å². The van der Waals surface area contributed by atoms with Gasteiger partial charge in [-0.15, -0.1) is 0 Å². The lowest BCUT2D eigenvalue weighted by Gasteiger charge is -2.13. The predicted molar refractivity (Wildman–Crippen MR) is 112 cm³/mol. The third-order valence-electron chi connectivity index (χ3n) is 4.62. The number of carbonyl (C=O) groups excluding carboxylic acids is 1. The minimum absolute atomic E-state index is 0.104. The molecule has 0 aliphatic heterocycles. The van der Waals surface area contributed by atoms with Crippen LogP contribution in [0.1, 0.15) is 42.5 Å². The summed E-state index contributed by atoms with van der Waals surface area (Å²) in [4.78, 5) is 12.5. The van der Waals surface area contributed by atoms with Gasteiger partial charge in [0.25, 0.3) is 15.9 Å². The zero-order valence-corrected chi connectivity index (χ0v) is 17.0. The fourth-order valence-electron chi connectivity index (χ4n) is 3.12. The number of halogens is 1. The zero-order valence-electron chi connectivity index (χ0n) is 15.4. The van der Waals surface area contributed by atoms with Gasteiger partial charge in [-0.25, -0.2) is 8.42 Å². The molecule has 5 nitrogen and oxygen atoms in total. The van der Waals surface area contributed by atoms with Gasteiger partial charge in [0.2, 0.25) is 0 Å². The fraction of sp³-hybridized carbons (Fsp3) is 0.286. The van der Waals surface area contributed by atoms with Crippen LogP contribution >= 0.6 is 11.6 Å². The number of hydrogen-bond donors (Lipinski definition) is 2. The third-order valence-corrected chi connectivity index (χ3v) is 6.27. The van der Waals surface area contributed by atoms with Crippen molar-refractivity contribution >= 4 is 33.2 Å². The summed E-state index contributed by atoms with van der Waals surface area (Å²) in [7, 11) is -3.75. The molecule has 0 aromatic heterocycles. The lowest BCUT2D eigenvalue weighted by atomic mass is 9.97. The highest BCUT2D eigenvalue weighted by Crippen LogP contribution is 2.20. The van der Waals surface area contributed by atoms with Crippen LogP contribution in [0.3, 0.4) is 0 Å². The molecule has 7 heteroatoms. The van der Waals surface area contributed by atoms with E-state index in [-0.39, 0.29) is 10.8 Å². The molecule has 2 aromatic carbocycles. The Kier molecular flexibility index (Phi) is 6.75. The van der Waals surface area contributed by atoms with Crippen molar-refractivity contribution in [2.75, 3.05) is 11.3 Å². The van der Waals surface area contributed by atoms with E-state index in [1.807, 2.05) is 0 Å². The predicted octanol–water partition coefficient (Wildman–Crippen LogP) is 4.76. The Balaban J connectivity index is 1.62.